The Hall–Kier alpha value is -4.25. The van der Waals surface area contributed by atoms with Gasteiger partial charge in [-0.05, 0) is 48.4 Å². The van der Waals surface area contributed by atoms with Crippen molar-refractivity contribution < 1.29 is 32.2 Å². The first-order chi connectivity index (χ1) is 19.3. The van der Waals surface area contributed by atoms with Crippen LogP contribution in [0.3, 0.4) is 0 Å². The van der Waals surface area contributed by atoms with Gasteiger partial charge in [-0.2, -0.15) is 0 Å². The average molecular weight is 568 g/mol. The summed E-state index contributed by atoms with van der Waals surface area (Å²) in [4.78, 5) is 28.3. The number of amides is 2. The summed E-state index contributed by atoms with van der Waals surface area (Å²) in [5, 5.41) is 2.62. The maximum Gasteiger partial charge on any atom is 0.264 e. The summed E-state index contributed by atoms with van der Waals surface area (Å²) >= 11 is 0. The average Bonchev–Trinajstić information content (AvgIpc) is 2.99. The van der Waals surface area contributed by atoms with Crippen LogP contribution in [-0.4, -0.2) is 65.1 Å². The second-order valence-electron chi connectivity index (χ2n) is 9.06. The molecule has 4 rings (SSSR count). The standard InChI is InChI=1S/C29H33N3O7S/c1-4-25(29(34)30-2)31(19-21-10-13-23(37-3)14-11-21)28(33)20-32(40(35,36)24-8-6-5-7-9-24)22-12-15-26-27(18-22)39-17-16-38-26/h5-15,18,25H,4,16-17,19-20H2,1-3H3,(H,30,34)/t25-/m1/s1. The zero-order chi connectivity index (χ0) is 28.7. The lowest BCUT2D eigenvalue weighted by molar-refractivity contribution is -0.140. The summed E-state index contributed by atoms with van der Waals surface area (Å²) < 4.78 is 45.4. The summed E-state index contributed by atoms with van der Waals surface area (Å²) in [6.07, 6.45) is 0.330. The molecule has 2 amide bonds. The number of nitrogens with one attached hydrogen (secondary N) is 1. The van der Waals surface area contributed by atoms with E-state index in [1.54, 1.807) is 74.7 Å². The molecule has 1 heterocycles. The van der Waals surface area contributed by atoms with Crippen molar-refractivity contribution >= 4 is 27.5 Å². The zero-order valence-corrected chi connectivity index (χ0v) is 23.5. The Balaban J connectivity index is 1.74. The molecule has 3 aromatic rings. The number of hydrogen-bond acceptors (Lipinski definition) is 7. The van der Waals surface area contributed by atoms with Gasteiger partial charge in [-0.15, -0.1) is 0 Å². The maximum absolute atomic E-state index is 14.0. The van der Waals surface area contributed by atoms with E-state index in [9.17, 15) is 18.0 Å². The van der Waals surface area contributed by atoms with E-state index >= 15 is 0 Å². The van der Waals surface area contributed by atoms with Crippen LogP contribution in [0.15, 0.2) is 77.7 Å². The van der Waals surface area contributed by atoms with E-state index in [1.807, 2.05) is 0 Å². The second-order valence-corrected chi connectivity index (χ2v) is 10.9. The number of benzene rings is 3. The number of likely N-dealkylation sites (N-methyl/N-ethyl adjacent to an activating group) is 1. The third kappa shape index (κ3) is 6.31. The van der Waals surface area contributed by atoms with Crippen LogP contribution in [0.4, 0.5) is 5.69 Å². The van der Waals surface area contributed by atoms with Crippen molar-refractivity contribution in [3.63, 3.8) is 0 Å². The van der Waals surface area contributed by atoms with E-state index < -0.39 is 28.5 Å². The van der Waals surface area contributed by atoms with Gasteiger partial charge in [0.1, 0.15) is 31.5 Å². The van der Waals surface area contributed by atoms with Crippen molar-refractivity contribution in [3.05, 3.63) is 78.4 Å². The number of ether oxygens (including phenoxy) is 3. The topological polar surface area (TPSA) is 114 Å². The Kier molecular flexibility index (Phi) is 9.15. The van der Waals surface area contributed by atoms with Crippen LogP contribution in [-0.2, 0) is 26.2 Å². The van der Waals surface area contributed by atoms with E-state index in [0.29, 0.717) is 36.9 Å². The van der Waals surface area contributed by atoms with E-state index in [0.717, 1.165) is 9.87 Å². The largest absolute Gasteiger partial charge is 0.497 e. The SMILES string of the molecule is CC[C@H](C(=O)NC)N(Cc1ccc(OC)cc1)C(=O)CN(c1ccc2c(c1)OCCO2)S(=O)(=O)c1ccccc1. The van der Waals surface area contributed by atoms with Gasteiger partial charge in [-0.3, -0.25) is 13.9 Å². The number of sulfonamides is 1. The van der Waals surface area contributed by atoms with Gasteiger partial charge < -0.3 is 24.4 Å². The number of carbonyl (C=O) groups excluding carboxylic acids is 2. The minimum absolute atomic E-state index is 0.0257. The van der Waals surface area contributed by atoms with Crippen molar-refractivity contribution in [2.24, 2.45) is 0 Å². The van der Waals surface area contributed by atoms with Gasteiger partial charge in [0.2, 0.25) is 11.8 Å². The van der Waals surface area contributed by atoms with Crippen LogP contribution in [0, 0.1) is 0 Å². The molecule has 0 saturated heterocycles. The highest BCUT2D eigenvalue weighted by molar-refractivity contribution is 7.92. The Labute approximate surface area is 234 Å². The zero-order valence-electron chi connectivity index (χ0n) is 22.7. The summed E-state index contributed by atoms with van der Waals surface area (Å²) in [6.45, 7) is 2.05. The summed E-state index contributed by atoms with van der Waals surface area (Å²) in [5.74, 6) is 0.641. The molecule has 3 aromatic carbocycles. The Morgan fingerprint density at radius 3 is 2.27 bits per heavy atom. The fourth-order valence-electron chi connectivity index (χ4n) is 4.45. The highest BCUT2D eigenvalue weighted by Crippen LogP contribution is 2.36. The molecule has 1 N–H and O–H groups in total. The predicted molar refractivity (Wildman–Crippen MR) is 150 cm³/mol. The molecule has 40 heavy (non-hydrogen) atoms. The smallest absolute Gasteiger partial charge is 0.264 e. The van der Waals surface area contributed by atoms with E-state index in [2.05, 4.69) is 5.32 Å². The fraction of sp³-hybridized carbons (Fsp3) is 0.310. The first-order valence-electron chi connectivity index (χ1n) is 12.9. The van der Waals surface area contributed by atoms with Crippen molar-refractivity contribution in [1.29, 1.82) is 0 Å². The van der Waals surface area contributed by atoms with Crippen molar-refractivity contribution in [3.8, 4) is 17.2 Å². The van der Waals surface area contributed by atoms with E-state index in [1.165, 1.54) is 24.1 Å². The van der Waals surface area contributed by atoms with Gasteiger partial charge in [0.05, 0.1) is 17.7 Å². The Morgan fingerprint density at radius 2 is 1.65 bits per heavy atom. The first-order valence-corrected chi connectivity index (χ1v) is 14.3. The molecule has 0 unspecified atom stereocenters. The molecule has 11 heteroatoms. The molecular formula is C29H33N3O7S. The van der Waals surface area contributed by atoms with Crippen LogP contribution < -0.4 is 23.8 Å². The summed E-state index contributed by atoms with van der Waals surface area (Å²) in [5.41, 5.74) is 0.993. The minimum atomic E-state index is -4.18. The van der Waals surface area contributed by atoms with Gasteiger partial charge in [-0.1, -0.05) is 37.3 Å². The van der Waals surface area contributed by atoms with Crippen LogP contribution in [0.25, 0.3) is 0 Å². The lowest BCUT2D eigenvalue weighted by atomic mass is 10.1. The number of hydrogen-bond donors (Lipinski definition) is 1. The van der Waals surface area contributed by atoms with Crippen LogP contribution in [0.1, 0.15) is 18.9 Å². The van der Waals surface area contributed by atoms with Crippen LogP contribution >= 0.6 is 0 Å². The number of rotatable bonds is 11. The maximum atomic E-state index is 14.0. The summed E-state index contributed by atoms with van der Waals surface area (Å²) in [7, 11) is -1.12. The lowest BCUT2D eigenvalue weighted by Gasteiger charge is -2.33. The lowest BCUT2D eigenvalue weighted by Crippen LogP contribution is -2.51. The number of fused-ring (bicyclic) bond motifs is 1. The van der Waals surface area contributed by atoms with Crippen LogP contribution in [0.5, 0.6) is 17.2 Å². The van der Waals surface area contributed by atoms with Crippen molar-refractivity contribution in [1.82, 2.24) is 10.2 Å². The third-order valence-electron chi connectivity index (χ3n) is 6.57. The monoisotopic (exact) mass is 567 g/mol. The molecule has 0 fully saturated rings. The second kappa shape index (κ2) is 12.7. The summed E-state index contributed by atoms with van der Waals surface area (Å²) in [6, 6.07) is 18.9. The fourth-order valence-corrected chi connectivity index (χ4v) is 5.88. The molecular weight excluding hydrogens is 534 g/mol. The van der Waals surface area contributed by atoms with Crippen LogP contribution in [0.2, 0.25) is 0 Å². The molecule has 0 aliphatic carbocycles. The van der Waals surface area contributed by atoms with Gasteiger partial charge in [0.25, 0.3) is 10.0 Å². The quantitative estimate of drug-likeness (QED) is 0.378. The molecule has 212 valence electrons. The Bertz CT molecular complexity index is 1430. The molecule has 1 atom stereocenters. The number of anilines is 1. The van der Waals surface area contributed by atoms with Gasteiger partial charge in [0, 0.05) is 19.7 Å². The molecule has 0 saturated carbocycles. The molecule has 0 spiro atoms. The number of nitrogens with zero attached hydrogens (tertiary/aromatic N) is 2. The van der Waals surface area contributed by atoms with E-state index in [4.69, 9.17) is 14.2 Å². The number of carbonyl (C=O) groups is 2. The molecule has 1 aliphatic rings. The van der Waals surface area contributed by atoms with E-state index in [-0.39, 0.29) is 23.0 Å². The molecule has 0 radical (unpaired) electrons. The normalized spacial score (nSPS) is 13.2. The molecule has 0 aromatic heterocycles. The Morgan fingerprint density at radius 1 is 0.975 bits per heavy atom. The highest BCUT2D eigenvalue weighted by Gasteiger charge is 2.34. The highest BCUT2D eigenvalue weighted by atomic mass is 32.2. The molecule has 1 aliphatic heterocycles. The van der Waals surface area contributed by atoms with Crippen molar-refractivity contribution in [2.45, 2.75) is 30.8 Å². The van der Waals surface area contributed by atoms with Gasteiger partial charge in [-0.25, -0.2) is 8.42 Å². The van der Waals surface area contributed by atoms with Gasteiger partial charge >= 0.3 is 0 Å². The molecule has 10 nitrogen and oxygen atoms in total. The first kappa shape index (κ1) is 28.8. The third-order valence-corrected chi connectivity index (χ3v) is 8.36. The van der Waals surface area contributed by atoms with Gasteiger partial charge in [0.15, 0.2) is 11.5 Å². The van der Waals surface area contributed by atoms with Crippen molar-refractivity contribution in [2.75, 3.05) is 38.2 Å². The molecule has 0 bridgehead atoms. The minimum Gasteiger partial charge on any atom is -0.497 e. The number of methoxy groups -OCH3 is 1. The predicted octanol–water partition coefficient (Wildman–Crippen LogP) is 3.22.